The minimum absolute atomic E-state index is 0.372. The Morgan fingerprint density at radius 2 is 1.89 bits per heavy atom. The van der Waals surface area contributed by atoms with Gasteiger partial charge in [0.1, 0.15) is 5.54 Å². The number of aryl methyl sites for hydroxylation is 2. The fourth-order valence-electron chi connectivity index (χ4n) is 2.11. The first kappa shape index (κ1) is 12.8. The molecule has 0 unspecified atom stereocenters. The van der Waals surface area contributed by atoms with Crippen LogP contribution in [-0.4, -0.2) is 39.8 Å². The number of hydrogen-bond acceptors (Lipinski definition) is 5. The fourth-order valence-corrected chi connectivity index (χ4v) is 2.11. The van der Waals surface area contributed by atoms with Gasteiger partial charge in [-0.15, -0.1) is 0 Å². The predicted octanol–water partition coefficient (Wildman–Crippen LogP) is 1.14. The predicted molar refractivity (Wildman–Crippen MR) is 65.5 cm³/mol. The van der Waals surface area contributed by atoms with Gasteiger partial charge in [0.25, 0.3) is 0 Å². The molecule has 1 aromatic heterocycles. The molecule has 0 aromatic carbocycles. The maximum absolute atomic E-state index is 11.5. The molecule has 2 N–H and O–H groups in total. The molecule has 6 nitrogen and oxygen atoms in total. The second-order valence-electron chi connectivity index (χ2n) is 4.60. The van der Waals surface area contributed by atoms with Crippen molar-refractivity contribution in [3.63, 3.8) is 0 Å². The van der Waals surface area contributed by atoms with E-state index in [1.165, 1.54) is 0 Å². The zero-order valence-corrected chi connectivity index (χ0v) is 10.6. The van der Waals surface area contributed by atoms with Crippen LogP contribution in [0.2, 0.25) is 0 Å². The molecule has 0 amide bonds. The summed E-state index contributed by atoms with van der Waals surface area (Å²) in [6.07, 6.45) is 0.831. The van der Waals surface area contributed by atoms with E-state index in [1.807, 2.05) is 19.9 Å². The lowest BCUT2D eigenvalue weighted by atomic mass is 9.90. The van der Waals surface area contributed by atoms with E-state index >= 15 is 0 Å². The number of aromatic nitrogens is 2. The van der Waals surface area contributed by atoms with E-state index in [2.05, 4.69) is 15.3 Å². The van der Waals surface area contributed by atoms with Gasteiger partial charge >= 0.3 is 5.97 Å². The Balaban J connectivity index is 2.25. The third kappa shape index (κ3) is 2.59. The molecule has 2 rings (SSSR count). The summed E-state index contributed by atoms with van der Waals surface area (Å²) in [5.41, 5.74) is 0.619. The number of carboxylic acids is 1. The molecule has 6 heteroatoms. The number of aliphatic carboxylic acids is 1. The van der Waals surface area contributed by atoms with Gasteiger partial charge in [0, 0.05) is 37.4 Å². The van der Waals surface area contributed by atoms with Crippen LogP contribution in [-0.2, 0) is 9.53 Å². The zero-order chi connectivity index (χ0) is 13.2. The largest absolute Gasteiger partial charge is 0.480 e. The lowest BCUT2D eigenvalue weighted by Gasteiger charge is -2.33. The quantitative estimate of drug-likeness (QED) is 0.838. The van der Waals surface area contributed by atoms with Crippen LogP contribution in [0.1, 0.15) is 24.2 Å². The maximum Gasteiger partial charge on any atom is 0.329 e. The van der Waals surface area contributed by atoms with E-state index in [0.29, 0.717) is 32.0 Å². The zero-order valence-electron chi connectivity index (χ0n) is 10.6. The summed E-state index contributed by atoms with van der Waals surface area (Å²) in [7, 11) is 0. The second-order valence-corrected chi connectivity index (χ2v) is 4.60. The average Bonchev–Trinajstić information content (AvgIpc) is 2.28. The van der Waals surface area contributed by atoms with E-state index in [1.54, 1.807) is 0 Å². The summed E-state index contributed by atoms with van der Waals surface area (Å²) >= 11 is 0. The summed E-state index contributed by atoms with van der Waals surface area (Å²) in [5.74, 6) is -0.509. The van der Waals surface area contributed by atoms with Crippen LogP contribution in [0.5, 0.6) is 0 Å². The van der Waals surface area contributed by atoms with Crippen LogP contribution in [0, 0.1) is 13.8 Å². The Hall–Kier alpha value is -1.69. The van der Waals surface area contributed by atoms with Gasteiger partial charge in [-0.3, -0.25) is 0 Å². The van der Waals surface area contributed by atoms with Gasteiger partial charge in [-0.2, -0.15) is 0 Å². The molecule has 18 heavy (non-hydrogen) atoms. The van der Waals surface area contributed by atoms with Gasteiger partial charge in [0.05, 0.1) is 0 Å². The molecule has 0 radical (unpaired) electrons. The van der Waals surface area contributed by atoms with Crippen molar-refractivity contribution in [1.29, 1.82) is 0 Å². The van der Waals surface area contributed by atoms with E-state index in [-0.39, 0.29) is 0 Å². The summed E-state index contributed by atoms with van der Waals surface area (Å²) < 4.78 is 5.22. The van der Waals surface area contributed by atoms with Gasteiger partial charge < -0.3 is 15.2 Å². The smallest absolute Gasteiger partial charge is 0.329 e. The fraction of sp³-hybridized carbons (Fsp3) is 0.583. The summed E-state index contributed by atoms with van der Waals surface area (Å²) in [4.78, 5) is 19.9. The molecule has 0 atom stereocenters. The Morgan fingerprint density at radius 3 is 2.39 bits per heavy atom. The third-order valence-corrected chi connectivity index (χ3v) is 3.09. The van der Waals surface area contributed by atoms with Crippen LogP contribution < -0.4 is 5.32 Å². The molecule has 1 aliphatic rings. The number of anilines is 1. The number of nitrogens with zero attached hydrogens (tertiary/aromatic N) is 2. The lowest BCUT2D eigenvalue weighted by Crippen LogP contribution is -2.50. The molecule has 1 aliphatic heterocycles. The molecule has 1 saturated heterocycles. The van der Waals surface area contributed by atoms with Crippen molar-refractivity contribution >= 4 is 11.9 Å². The van der Waals surface area contributed by atoms with Crippen LogP contribution in [0.4, 0.5) is 5.95 Å². The molecule has 0 bridgehead atoms. The molecule has 0 saturated carbocycles. The SMILES string of the molecule is Cc1cc(C)nc(NC2(C(=O)O)CCOCC2)n1. The van der Waals surface area contributed by atoms with Crippen molar-refractivity contribution in [2.75, 3.05) is 18.5 Å². The highest BCUT2D eigenvalue weighted by Crippen LogP contribution is 2.25. The van der Waals surface area contributed by atoms with Crippen molar-refractivity contribution in [3.8, 4) is 0 Å². The Bertz CT molecular complexity index is 436. The Labute approximate surface area is 105 Å². The van der Waals surface area contributed by atoms with Crippen LogP contribution in [0.3, 0.4) is 0 Å². The summed E-state index contributed by atoms with van der Waals surface area (Å²) in [5, 5.41) is 12.4. The average molecular weight is 251 g/mol. The van der Waals surface area contributed by atoms with Crippen LogP contribution in [0.15, 0.2) is 6.07 Å². The van der Waals surface area contributed by atoms with E-state index in [9.17, 15) is 9.90 Å². The first-order chi connectivity index (χ1) is 8.52. The number of rotatable bonds is 3. The summed E-state index contributed by atoms with van der Waals surface area (Å²) in [6.45, 7) is 4.59. The Kier molecular flexibility index (Phi) is 3.47. The molecular formula is C12H17N3O3. The molecule has 1 fully saturated rings. The number of ether oxygens (including phenoxy) is 1. The number of hydrogen-bond donors (Lipinski definition) is 2. The van der Waals surface area contributed by atoms with Crippen LogP contribution in [0.25, 0.3) is 0 Å². The minimum Gasteiger partial charge on any atom is -0.480 e. The maximum atomic E-state index is 11.5. The van der Waals surface area contributed by atoms with E-state index < -0.39 is 11.5 Å². The normalized spacial score (nSPS) is 18.3. The van der Waals surface area contributed by atoms with Crippen molar-refractivity contribution in [2.45, 2.75) is 32.2 Å². The van der Waals surface area contributed by atoms with E-state index in [0.717, 1.165) is 11.4 Å². The first-order valence-corrected chi connectivity index (χ1v) is 5.93. The minimum atomic E-state index is -1.02. The molecule has 0 aliphatic carbocycles. The molecule has 0 spiro atoms. The highest BCUT2D eigenvalue weighted by atomic mass is 16.5. The first-order valence-electron chi connectivity index (χ1n) is 5.93. The molecular weight excluding hydrogens is 234 g/mol. The highest BCUT2D eigenvalue weighted by Gasteiger charge is 2.40. The van der Waals surface area contributed by atoms with Gasteiger partial charge in [-0.05, 0) is 19.9 Å². The van der Waals surface area contributed by atoms with Gasteiger partial charge in [0.2, 0.25) is 5.95 Å². The van der Waals surface area contributed by atoms with Crippen molar-refractivity contribution in [3.05, 3.63) is 17.5 Å². The number of nitrogens with one attached hydrogen (secondary N) is 1. The topological polar surface area (TPSA) is 84.3 Å². The van der Waals surface area contributed by atoms with Crippen molar-refractivity contribution in [1.82, 2.24) is 9.97 Å². The molecule has 1 aromatic rings. The number of carboxylic acid groups (broad SMARTS) is 1. The third-order valence-electron chi connectivity index (χ3n) is 3.09. The highest BCUT2D eigenvalue weighted by molar-refractivity contribution is 5.82. The lowest BCUT2D eigenvalue weighted by molar-refractivity contribution is -0.145. The van der Waals surface area contributed by atoms with Crippen LogP contribution >= 0.6 is 0 Å². The second kappa shape index (κ2) is 4.89. The Morgan fingerprint density at radius 1 is 1.33 bits per heavy atom. The standard InChI is InChI=1S/C12H17N3O3/c1-8-7-9(2)14-11(13-8)15-12(10(16)17)3-5-18-6-4-12/h7H,3-6H2,1-2H3,(H,16,17)(H,13,14,15). The molecule has 98 valence electrons. The van der Waals surface area contributed by atoms with Gasteiger partial charge in [0.15, 0.2) is 0 Å². The van der Waals surface area contributed by atoms with E-state index in [4.69, 9.17) is 4.74 Å². The van der Waals surface area contributed by atoms with Gasteiger partial charge in [-0.25, -0.2) is 14.8 Å². The monoisotopic (exact) mass is 251 g/mol. The summed E-state index contributed by atoms with van der Waals surface area (Å²) in [6, 6.07) is 1.85. The van der Waals surface area contributed by atoms with Crippen molar-refractivity contribution in [2.24, 2.45) is 0 Å². The van der Waals surface area contributed by atoms with Gasteiger partial charge in [-0.1, -0.05) is 0 Å². The number of carbonyl (C=O) groups is 1. The van der Waals surface area contributed by atoms with Crippen molar-refractivity contribution < 1.29 is 14.6 Å². The molecule has 2 heterocycles.